The van der Waals surface area contributed by atoms with Gasteiger partial charge < -0.3 is 15.2 Å². The lowest BCUT2D eigenvalue weighted by Gasteiger charge is -2.22. The Morgan fingerprint density at radius 2 is 2.17 bits per heavy atom. The van der Waals surface area contributed by atoms with Crippen molar-refractivity contribution in [1.82, 2.24) is 0 Å². The minimum Gasteiger partial charge on any atom is -0.456 e. The molecule has 1 aliphatic rings. The minimum absolute atomic E-state index is 0.131. The summed E-state index contributed by atoms with van der Waals surface area (Å²) in [5.41, 5.74) is 8.86. The highest BCUT2D eigenvalue weighted by Crippen LogP contribution is 2.20. The number of nitrogens with two attached hydrogens (primary N) is 1. The molecule has 2 N–H and O–H groups in total. The third-order valence-electron chi connectivity index (χ3n) is 3.23. The van der Waals surface area contributed by atoms with Crippen LogP contribution in [-0.2, 0) is 9.47 Å². The fourth-order valence-corrected chi connectivity index (χ4v) is 2.11. The van der Waals surface area contributed by atoms with Crippen molar-refractivity contribution in [3.05, 3.63) is 28.8 Å². The summed E-state index contributed by atoms with van der Waals surface area (Å²) in [4.78, 5) is 12.1. The van der Waals surface area contributed by atoms with Gasteiger partial charge in [-0.1, -0.05) is 6.07 Å². The van der Waals surface area contributed by atoms with Crippen LogP contribution in [0.1, 0.15) is 34.3 Å². The monoisotopic (exact) mass is 249 g/mol. The summed E-state index contributed by atoms with van der Waals surface area (Å²) in [6.45, 7) is 5.06. The number of nitrogen functional groups attached to an aromatic ring is 1. The first kappa shape index (κ1) is 12.9. The summed E-state index contributed by atoms with van der Waals surface area (Å²) in [5, 5.41) is 0. The molecule has 2 rings (SSSR count). The molecule has 1 heterocycles. The Kier molecular flexibility index (Phi) is 3.87. The van der Waals surface area contributed by atoms with Gasteiger partial charge in [0.25, 0.3) is 0 Å². The second-order valence-corrected chi connectivity index (χ2v) is 4.77. The molecule has 4 heteroatoms. The lowest BCUT2D eigenvalue weighted by atomic mass is 10.0. The van der Waals surface area contributed by atoms with Crippen molar-refractivity contribution in [2.24, 2.45) is 0 Å². The molecule has 1 fully saturated rings. The van der Waals surface area contributed by atoms with Crippen LogP contribution in [0, 0.1) is 13.8 Å². The van der Waals surface area contributed by atoms with Crippen LogP contribution < -0.4 is 5.73 Å². The molecule has 0 spiro atoms. The molecule has 0 bridgehead atoms. The quantitative estimate of drug-likeness (QED) is 0.645. The first-order chi connectivity index (χ1) is 8.58. The van der Waals surface area contributed by atoms with Crippen LogP contribution in [0.25, 0.3) is 0 Å². The molecule has 0 aromatic heterocycles. The number of carbonyl (C=O) groups is 1. The summed E-state index contributed by atoms with van der Waals surface area (Å²) in [6.07, 6.45) is 1.67. The van der Waals surface area contributed by atoms with E-state index in [2.05, 4.69) is 0 Å². The lowest BCUT2D eigenvalue weighted by molar-refractivity contribution is -0.0306. The van der Waals surface area contributed by atoms with E-state index >= 15 is 0 Å². The topological polar surface area (TPSA) is 61.5 Å². The van der Waals surface area contributed by atoms with Crippen molar-refractivity contribution in [3.8, 4) is 0 Å². The first-order valence-corrected chi connectivity index (χ1v) is 6.23. The van der Waals surface area contributed by atoms with E-state index in [9.17, 15) is 4.79 Å². The number of esters is 1. The third kappa shape index (κ3) is 2.82. The third-order valence-corrected chi connectivity index (χ3v) is 3.23. The Labute approximate surface area is 107 Å². The zero-order valence-corrected chi connectivity index (χ0v) is 10.9. The van der Waals surface area contributed by atoms with E-state index < -0.39 is 0 Å². The van der Waals surface area contributed by atoms with Crippen LogP contribution in [0.5, 0.6) is 0 Å². The predicted molar refractivity (Wildman–Crippen MR) is 69.6 cm³/mol. The summed E-state index contributed by atoms with van der Waals surface area (Å²) in [7, 11) is 0. The van der Waals surface area contributed by atoms with Gasteiger partial charge in [0.2, 0.25) is 0 Å². The van der Waals surface area contributed by atoms with E-state index in [1.54, 1.807) is 6.07 Å². The second-order valence-electron chi connectivity index (χ2n) is 4.77. The molecule has 1 unspecified atom stereocenters. The Morgan fingerprint density at radius 3 is 2.83 bits per heavy atom. The summed E-state index contributed by atoms with van der Waals surface area (Å²) < 4.78 is 10.7. The van der Waals surface area contributed by atoms with Crippen molar-refractivity contribution < 1.29 is 14.3 Å². The number of benzene rings is 1. The van der Waals surface area contributed by atoms with Gasteiger partial charge in [-0.15, -0.1) is 0 Å². The summed E-state index contributed by atoms with van der Waals surface area (Å²) >= 11 is 0. The Morgan fingerprint density at radius 1 is 1.39 bits per heavy atom. The molecule has 1 aromatic carbocycles. The van der Waals surface area contributed by atoms with E-state index in [-0.39, 0.29) is 12.1 Å². The Bertz CT molecular complexity index is 451. The predicted octanol–water partition coefficient (Wildman–Crippen LogP) is 2.22. The van der Waals surface area contributed by atoms with Crippen LogP contribution >= 0.6 is 0 Å². The maximum atomic E-state index is 12.1. The molecular formula is C14H19NO3. The zero-order chi connectivity index (χ0) is 13.1. The number of carbonyl (C=O) groups excluding carboxylic acids is 1. The fourth-order valence-electron chi connectivity index (χ4n) is 2.11. The number of anilines is 1. The molecule has 0 saturated carbocycles. The average Bonchev–Trinajstić information content (AvgIpc) is 2.35. The van der Waals surface area contributed by atoms with E-state index in [0.717, 1.165) is 30.6 Å². The van der Waals surface area contributed by atoms with E-state index in [1.807, 2.05) is 19.9 Å². The highest BCUT2D eigenvalue weighted by atomic mass is 16.6. The van der Waals surface area contributed by atoms with Crippen molar-refractivity contribution in [3.63, 3.8) is 0 Å². The smallest absolute Gasteiger partial charge is 0.338 e. The number of hydrogen-bond donors (Lipinski definition) is 1. The molecular weight excluding hydrogens is 230 g/mol. The zero-order valence-electron chi connectivity index (χ0n) is 10.9. The Balaban J connectivity index is 2.10. The van der Waals surface area contributed by atoms with Crippen LogP contribution in [0.3, 0.4) is 0 Å². The average molecular weight is 249 g/mol. The minimum atomic E-state index is -0.310. The molecule has 0 amide bonds. The van der Waals surface area contributed by atoms with Gasteiger partial charge in [0, 0.05) is 12.3 Å². The maximum Gasteiger partial charge on any atom is 0.338 e. The maximum absolute atomic E-state index is 12.1. The van der Waals surface area contributed by atoms with Crippen molar-refractivity contribution in [2.45, 2.75) is 32.8 Å². The van der Waals surface area contributed by atoms with Gasteiger partial charge in [-0.3, -0.25) is 0 Å². The van der Waals surface area contributed by atoms with Gasteiger partial charge in [-0.2, -0.15) is 0 Å². The van der Waals surface area contributed by atoms with Crippen LogP contribution in [-0.4, -0.2) is 25.3 Å². The van der Waals surface area contributed by atoms with Gasteiger partial charge in [0.15, 0.2) is 0 Å². The van der Waals surface area contributed by atoms with Crippen molar-refractivity contribution in [1.29, 1.82) is 0 Å². The standard InChI is InChI=1S/C14H19NO3/c1-9-6-10(2)13(15)7-12(9)14(16)18-11-4-3-5-17-8-11/h6-7,11H,3-5,8,15H2,1-2H3. The number of ether oxygens (including phenoxy) is 2. The molecule has 98 valence electrons. The number of aryl methyl sites for hydroxylation is 2. The molecule has 1 aliphatic heterocycles. The molecule has 18 heavy (non-hydrogen) atoms. The molecule has 1 aromatic rings. The highest BCUT2D eigenvalue weighted by Gasteiger charge is 2.20. The highest BCUT2D eigenvalue weighted by molar-refractivity contribution is 5.92. The van der Waals surface area contributed by atoms with E-state index in [4.69, 9.17) is 15.2 Å². The fraction of sp³-hybridized carbons (Fsp3) is 0.500. The molecule has 1 atom stereocenters. The number of rotatable bonds is 2. The largest absolute Gasteiger partial charge is 0.456 e. The van der Waals surface area contributed by atoms with Crippen LogP contribution in [0.4, 0.5) is 5.69 Å². The molecule has 4 nitrogen and oxygen atoms in total. The Hall–Kier alpha value is -1.55. The van der Waals surface area contributed by atoms with Crippen molar-refractivity contribution in [2.75, 3.05) is 18.9 Å². The van der Waals surface area contributed by atoms with Gasteiger partial charge in [-0.05, 0) is 43.9 Å². The second kappa shape index (κ2) is 5.40. The first-order valence-electron chi connectivity index (χ1n) is 6.23. The molecule has 1 saturated heterocycles. The van der Waals surface area contributed by atoms with Crippen LogP contribution in [0.2, 0.25) is 0 Å². The summed E-state index contributed by atoms with van der Waals surface area (Å²) in [5.74, 6) is -0.310. The van der Waals surface area contributed by atoms with Gasteiger partial charge in [-0.25, -0.2) is 4.79 Å². The van der Waals surface area contributed by atoms with Gasteiger partial charge >= 0.3 is 5.97 Å². The number of hydrogen-bond acceptors (Lipinski definition) is 4. The normalized spacial score (nSPS) is 19.6. The van der Waals surface area contributed by atoms with E-state index in [1.165, 1.54) is 0 Å². The summed E-state index contributed by atoms with van der Waals surface area (Å²) in [6, 6.07) is 3.60. The molecule has 0 radical (unpaired) electrons. The van der Waals surface area contributed by atoms with Crippen molar-refractivity contribution >= 4 is 11.7 Å². The van der Waals surface area contributed by atoms with Gasteiger partial charge in [0.05, 0.1) is 12.2 Å². The molecule has 0 aliphatic carbocycles. The van der Waals surface area contributed by atoms with Crippen LogP contribution in [0.15, 0.2) is 12.1 Å². The SMILES string of the molecule is Cc1cc(C)c(C(=O)OC2CCCOC2)cc1N. The lowest BCUT2D eigenvalue weighted by Crippen LogP contribution is -2.28. The van der Waals surface area contributed by atoms with E-state index in [0.29, 0.717) is 17.9 Å². The van der Waals surface area contributed by atoms with Gasteiger partial charge in [0.1, 0.15) is 6.10 Å².